The molecule has 2 amide bonds. The minimum absolute atomic E-state index is 0.0141. The number of amides is 2. The van der Waals surface area contributed by atoms with E-state index in [9.17, 15) is 4.79 Å². The van der Waals surface area contributed by atoms with E-state index in [0.717, 1.165) is 18.5 Å². The molecule has 1 N–H and O–H groups in total. The molecule has 24 heavy (non-hydrogen) atoms. The van der Waals surface area contributed by atoms with E-state index < -0.39 is 0 Å². The Balaban J connectivity index is 1.53. The van der Waals surface area contributed by atoms with E-state index in [4.69, 9.17) is 0 Å². The van der Waals surface area contributed by atoms with Crippen LogP contribution in [0.15, 0.2) is 24.3 Å². The van der Waals surface area contributed by atoms with E-state index in [1.807, 2.05) is 11.0 Å². The molecule has 4 nitrogen and oxygen atoms in total. The molecule has 1 aromatic carbocycles. The molecular weight excluding hydrogens is 298 g/mol. The average molecular weight is 327 g/mol. The van der Waals surface area contributed by atoms with Crippen molar-refractivity contribution in [2.24, 2.45) is 0 Å². The maximum absolute atomic E-state index is 13.1. The van der Waals surface area contributed by atoms with Gasteiger partial charge in [-0.2, -0.15) is 0 Å². The summed E-state index contributed by atoms with van der Waals surface area (Å²) in [6.45, 7) is 6.64. The third-order valence-corrected chi connectivity index (χ3v) is 6.93. The van der Waals surface area contributed by atoms with Gasteiger partial charge in [0.15, 0.2) is 0 Å². The predicted octanol–water partition coefficient (Wildman–Crippen LogP) is 3.51. The Hall–Kier alpha value is -1.55. The zero-order valence-corrected chi connectivity index (χ0v) is 15.2. The van der Waals surface area contributed by atoms with Crippen molar-refractivity contribution in [2.75, 3.05) is 11.9 Å². The van der Waals surface area contributed by atoms with Crippen LogP contribution in [0.25, 0.3) is 0 Å². The summed E-state index contributed by atoms with van der Waals surface area (Å²) < 4.78 is 0. The summed E-state index contributed by atoms with van der Waals surface area (Å²) in [6, 6.07) is 10.2. The molecule has 0 saturated carbocycles. The van der Waals surface area contributed by atoms with E-state index in [2.05, 4.69) is 56.2 Å². The van der Waals surface area contributed by atoms with Crippen LogP contribution in [0.4, 0.5) is 10.5 Å². The van der Waals surface area contributed by atoms with Crippen LogP contribution in [0.2, 0.25) is 0 Å². The number of anilines is 1. The van der Waals surface area contributed by atoms with Gasteiger partial charge in [-0.3, -0.25) is 4.90 Å². The molecule has 3 unspecified atom stereocenters. The third kappa shape index (κ3) is 2.26. The average Bonchev–Trinajstić information content (AvgIpc) is 2.88. The van der Waals surface area contributed by atoms with E-state index in [-0.39, 0.29) is 17.5 Å². The number of para-hydroxylation sites is 1. The number of carbonyl (C=O) groups is 1. The van der Waals surface area contributed by atoms with Gasteiger partial charge in [0.05, 0.1) is 0 Å². The SMILES string of the molecule is CC1N(C(=O)NC2CC3CCC(C2)N3C)c2ccccc2C1(C)C. The van der Waals surface area contributed by atoms with Gasteiger partial charge in [-0.1, -0.05) is 32.0 Å². The van der Waals surface area contributed by atoms with Crippen molar-refractivity contribution in [1.29, 1.82) is 0 Å². The summed E-state index contributed by atoms with van der Waals surface area (Å²) in [7, 11) is 2.24. The molecule has 3 aliphatic rings. The molecule has 0 radical (unpaired) electrons. The molecule has 3 aliphatic heterocycles. The predicted molar refractivity (Wildman–Crippen MR) is 97.5 cm³/mol. The van der Waals surface area contributed by atoms with Gasteiger partial charge >= 0.3 is 6.03 Å². The van der Waals surface area contributed by atoms with Gasteiger partial charge in [-0.05, 0) is 51.3 Å². The lowest BCUT2D eigenvalue weighted by Gasteiger charge is -2.38. The minimum Gasteiger partial charge on any atom is -0.335 e. The van der Waals surface area contributed by atoms with Crippen molar-refractivity contribution in [1.82, 2.24) is 10.2 Å². The monoisotopic (exact) mass is 327 g/mol. The van der Waals surface area contributed by atoms with Gasteiger partial charge in [-0.25, -0.2) is 4.79 Å². The van der Waals surface area contributed by atoms with Crippen molar-refractivity contribution in [3.63, 3.8) is 0 Å². The van der Waals surface area contributed by atoms with E-state index in [0.29, 0.717) is 18.1 Å². The maximum atomic E-state index is 13.1. The van der Waals surface area contributed by atoms with Crippen LogP contribution < -0.4 is 10.2 Å². The minimum atomic E-state index is -0.0141. The molecule has 2 fully saturated rings. The van der Waals surface area contributed by atoms with Crippen LogP contribution in [-0.2, 0) is 5.41 Å². The molecule has 1 aromatic rings. The fraction of sp³-hybridized carbons (Fsp3) is 0.650. The molecule has 2 saturated heterocycles. The third-order valence-electron chi connectivity index (χ3n) is 6.93. The second kappa shape index (κ2) is 5.48. The van der Waals surface area contributed by atoms with E-state index >= 15 is 0 Å². The number of carbonyl (C=O) groups excluding carboxylic acids is 1. The highest BCUT2D eigenvalue weighted by Gasteiger charge is 2.45. The zero-order valence-electron chi connectivity index (χ0n) is 15.2. The number of hydrogen-bond acceptors (Lipinski definition) is 2. The fourth-order valence-electron chi connectivity index (χ4n) is 5.04. The number of urea groups is 1. The Labute approximate surface area is 145 Å². The van der Waals surface area contributed by atoms with Crippen LogP contribution >= 0.6 is 0 Å². The van der Waals surface area contributed by atoms with Crippen LogP contribution in [0.5, 0.6) is 0 Å². The van der Waals surface area contributed by atoms with Crippen molar-refractivity contribution in [3.8, 4) is 0 Å². The van der Waals surface area contributed by atoms with Gasteiger partial charge < -0.3 is 10.2 Å². The highest BCUT2D eigenvalue weighted by molar-refractivity contribution is 5.96. The summed E-state index contributed by atoms with van der Waals surface area (Å²) in [5, 5.41) is 3.35. The number of benzene rings is 1. The highest BCUT2D eigenvalue weighted by atomic mass is 16.2. The van der Waals surface area contributed by atoms with Crippen LogP contribution in [0.1, 0.15) is 52.0 Å². The number of hydrogen-bond donors (Lipinski definition) is 1. The molecule has 0 aliphatic carbocycles. The summed E-state index contributed by atoms with van der Waals surface area (Å²) >= 11 is 0. The zero-order chi connectivity index (χ0) is 17.1. The number of nitrogens with zero attached hydrogens (tertiary/aromatic N) is 2. The Morgan fingerprint density at radius 3 is 2.46 bits per heavy atom. The molecule has 4 heteroatoms. The Morgan fingerprint density at radius 1 is 1.17 bits per heavy atom. The van der Waals surface area contributed by atoms with E-state index in [1.54, 1.807) is 0 Å². The topological polar surface area (TPSA) is 35.6 Å². The lowest BCUT2D eigenvalue weighted by Crippen LogP contribution is -2.54. The first-order valence-electron chi connectivity index (χ1n) is 9.30. The number of fused-ring (bicyclic) bond motifs is 3. The number of piperidine rings is 1. The molecule has 0 spiro atoms. The smallest absolute Gasteiger partial charge is 0.322 e. The van der Waals surface area contributed by atoms with Crippen molar-refractivity contribution in [2.45, 2.75) is 76.0 Å². The van der Waals surface area contributed by atoms with Crippen molar-refractivity contribution in [3.05, 3.63) is 29.8 Å². The van der Waals surface area contributed by atoms with Crippen LogP contribution in [0.3, 0.4) is 0 Å². The second-order valence-corrected chi connectivity index (χ2v) is 8.45. The molecule has 3 heterocycles. The van der Waals surface area contributed by atoms with Gasteiger partial charge in [0.25, 0.3) is 0 Å². The molecular formula is C20H29N3O. The summed E-state index contributed by atoms with van der Waals surface area (Å²) in [5.41, 5.74) is 2.33. The lowest BCUT2D eigenvalue weighted by molar-refractivity contribution is 0.150. The standard InChI is InChI=1S/C20H29N3O/c1-13-20(2,3)17-7-5-6-8-18(17)23(13)19(24)21-14-11-15-9-10-16(12-14)22(15)4/h5-8,13-16H,9-12H2,1-4H3,(H,21,24). The van der Waals surface area contributed by atoms with Gasteiger partial charge in [-0.15, -0.1) is 0 Å². The van der Waals surface area contributed by atoms with E-state index in [1.165, 1.54) is 18.4 Å². The first-order valence-corrected chi connectivity index (χ1v) is 9.30. The summed E-state index contributed by atoms with van der Waals surface area (Å²) in [4.78, 5) is 17.6. The molecule has 4 rings (SSSR count). The Kier molecular flexibility index (Phi) is 3.64. The van der Waals surface area contributed by atoms with Crippen LogP contribution in [-0.4, -0.2) is 42.1 Å². The Bertz CT molecular complexity index is 642. The quantitative estimate of drug-likeness (QED) is 0.857. The Morgan fingerprint density at radius 2 is 1.79 bits per heavy atom. The second-order valence-electron chi connectivity index (χ2n) is 8.45. The number of nitrogens with one attached hydrogen (secondary N) is 1. The highest BCUT2D eigenvalue weighted by Crippen LogP contribution is 2.45. The first-order chi connectivity index (χ1) is 11.4. The van der Waals surface area contributed by atoms with Gasteiger partial charge in [0, 0.05) is 35.3 Å². The first kappa shape index (κ1) is 15.9. The molecule has 130 valence electrons. The number of rotatable bonds is 1. The lowest BCUT2D eigenvalue weighted by atomic mass is 9.81. The maximum Gasteiger partial charge on any atom is 0.322 e. The molecule has 3 atom stereocenters. The molecule has 2 bridgehead atoms. The van der Waals surface area contributed by atoms with Crippen molar-refractivity contribution >= 4 is 11.7 Å². The normalized spacial score (nSPS) is 34.2. The van der Waals surface area contributed by atoms with Crippen LogP contribution in [0, 0.1) is 0 Å². The van der Waals surface area contributed by atoms with Gasteiger partial charge in [0.1, 0.15) is 0 Å². The molecule has 0 aromatic heterocycles. The van der Waals surface area contributed by atoms with Crippen molar-refractivity contribution < 1.29 is 4.79 Å². The fourth-order valence-corrected chi connectivity index (χ4v) is 5.04. The summed E-state index contributed by atoms with van der Waals surface area (Å²) in [6.07, 6.45) is 4.74. The largest absolute Gasteiger partial charge is 0.335 e. The van der Waals surface area contributed by atoms with Gasteiger partial charge in [0.2, 0.25) is 0 Å². The summed E-state index contributed by atoms with van der Waals surface area (Å²) in [5.74, 6) is 0.